The summed E-state index contributed by atoms with van der Waals surface area (Å²) in [6.07, 6.45) is 3.27. The Morgan fingerprint density at radius 2 is 0.818 bits per heavy atom. The van der Waals surface area contributed by atoms with Crippen LogP contribution in [0.5, 0.6) is 0 Å². The molecule has 6 rings (SSSR count). The van der Waals surface area contributed by atoms with Crippen molar-refractivity contribution in [3.63, 3.8) is 0 Å². The van der Waals surface area contributed by atoms with Gasteiger partial charge in [-0.25, -0.2) is 19.2 Å². The summed E-state index contributed by atoms with van der Waals surface area (Å²) >= 11 is 3.39. The molecule has 0 radical (unpaired) electrons. The number of aliphatic hydroxyl groups excluding tert-OH is 2. The van der Waals surface area contributed by atoms with Crippen molar-refractivity contribution in [1.29, 1.82) is 0 Å². The third-order valence-corrected chi connectivity index (χ3v) is 16.1. The van der Waals surface area contributed by atoms with E-state index in [-0.39, 0.29) is 47.6 Å². The van der Waals surface area contributed by atoms with Gasteiger partial charge in [-0.05, 0) is 109 Å². The Kier molecular flexibility index (Phi) is 23.6. The van der Waals surface area contributed by atoms with Gasteiger partial charge in [0.2, 0.25) is 11.8 Å². The molecular weight excluding hydrogens is 1020 g/mol. The average Bonchev–Trinajstić information content (AvgIpc) is 4.06. The van der Waals surface area contributed by atoms with Gasteiger partial charge in [0.05, 0.1) is 18.6 Å². The Hall–Kier alpha value is -6.48. The molecule has 20 heteroatoms. The Morgan fingerprint density at radius 1 is 0.519 bits per heavy atom. The summed E-state index contributed by atoms with van der Waals surface area (Å²) in [5.41, 5.74) is 4.54. The minimum atomic E-state index is -1.47. The van der Waals surface area contributed by atoms with E-state index >= 15 is 0 Å². The number of carbonyl (C=O) groups is 6. The van der Waals surface area contributed by atoms with E-state index in [0.717, 1.165) is 61.0 Å². The molecule has 2 heterocycles. The average molecular weight is 1100 g/mol. The van der Waals surface area contributed by atoms with E-state index in [0.29, 0.717) is 59.9 Å². The number of benzene rings is 4. The summed E-state index contributed by atoms with van der Waals surface area (Å²) in [7, 11) is 0. The van der Waals surface area contributed by atoms with Crippen molar-refractivity contribution in [3.05, 3.63) is 119 Å². The first-order valence-electron chi connectivity index (χ1n) is 26.3. The monoisotopic (exact) mass is 1100 g/mol. The Morgan fingerprint density at radius 3 is 1.08 bits per heavy atom. The lowest BCUT2D eigenvalue weighted by atomic mass is 9.92. The molecule has 2 fully saturated rings. The highest BCUT2D eigenvalue weighted by Crippen LogP contribution is 2.28. The lowest BCUT2D eigenvalue weighted by Gasteiger charge is -2.31. The normalized spacial score (nSPS) is 15.0. The summed E-state index contributed by atoms with van der Waals surface area (Å²) in [6, 6.07) is 29.4. The van der Waals surface area contributed by atoms with Gasteiger partial charge >= 0.3 is 24.4 Å². The van der Waals surface area contributed by atoms with Crippen LogP contribution in [0.1, 0.15) is 88.5 Å². The van der Waals surface area contributed by atoms with Crippen LogP contribution >= 0.6 is 23.5 Å². The lowest BCUT2D eigenvalue weighted by Crippen LogP contribution is -2.42. The third-order valence-electron chi connectivity index (χ3n) is 13.6. The molecule has 2 aliphatic heterocycles. The minimum absolute atomic E-state index is 0.180. The van der Waals surface area contributed by atoms with Gasteiger partial charge in [-0.2, -0.15) is 23.5 Å². The maximum atomic E-state index is 12.8. The van der Waals surface area contributed by atoms with Crippen molar-refractivity contribution in [2.75, 3.05) is 85.5 Å². The molecule has 4 unspecified atom stereocenters. The summed E-state index contributed by atoms with van der Waals surface area (Å²) in [5, 5.41) is 31.6. The SMILES string of the molecule is CCC(C(C)SCCOC(=O)Nc1ccc(Cc2ccc(NC(=O)OCC(CO)(CO)COC(=O)Nc3ccc(Cc4ccc(NC(=O)OCCSC(C)C(CC)N5CCCC5=O)cc4)cc3)cc2)cc1)N1CCCC1=O. The van der Waals surface area contributed by atoms with Crippen molar-refractivity contribution < 1.29 is 57.9 Å². The van der Waals surface area contributed by atoms with Gasteiger partial charge in [0, 0.05) is 82.8 Å². The number of hydrogen-bond donors (Lipinski definition) is 6. The van der Waals surface area contributed by atoms with Crippen LogP contribution in [0.2, 0.25) is 0 Å². The topological polar surface area (TPSA) is 234 Å². The van der Waals surface area contributed by atoms with Crippen LogP contribution in [-0.4, -0.2) is 143 Å². The molecule has 6 N–H and O–H groups in total. The van der Waals surface area contributed by atoms with Gasteiger partial charge in [0.15, 0.2) is 0 Å². The van der Waals surface area contributed by atoms with E-state index in [1.807, 2.05) is 58.3 Å². The zero-order valence-electron chi connectivity index (χ0n) is 44.5. The maximum Gasteiger partial charge on any atom is 0.411 e. The fraction of sp³-hybridized carbons (Fsp3) is 0.474. The molecule has 0 spiro atoms. The predicted molar refractivity (Wildman–Crippen MR) is 302 cm³/mol. The largest absolute Gasteiger partial charge is 0.448 e. The molecule has 2 saturated heterocycles. The van der Waals surface area contributed by atoms with Gasteiger partial charge in [-0.1, -0.05) is 76.2 Å². The smallest absolute Gasteiger partial charge is 0.411 e. The quantitative estimate of drug-likeness (QED) is 0.0230. The van der Waals surface area contributed by atoms with E-state index in [1.54, 1.807) is 72.1 Å². The first-order valence-corrected chi connectivity index (χ1v) is 28.4. The highest BCUT2D eigenvalue weighted by molar-refractivity contribution is 8.00. The second-order valence-electron chi connectivity index (χ2n) is 19.4. The number of thioether (sulfide) groups is 2. The summed E-state index contributed by atoms with van der Waals surface area (Å²) < 4.78 is 21.5. The number of rotatable bonds is 28. The van der Waals surface area contributed by atoms with Crippen LogP contribution < -0.4 is 21.3 Å². The second kappa shape index (κ2) is 30.5. The van der Waals surface area contributed by atoms with Crippen LogP contribution in [0.3, 0.4) is 0 Å². The number of nitrogens with zero attached hydrogens (tertiary/aromatic N) is 2. The molecule has 4 aromatic rings. The molecule has 2 aliphatic rings. The zero-order valence-corrected chi connectivity index (χ0v) is 46.1. The fourth-order valence-corrected chi connectivity index (χ4v) is 11.5. The molecule has 0 aliphatic carbocycles. The number of amides is 6. The van der Waals surface area contributed by atoms with Crippen molar-refractivity contribution in [3.8, 4) is 0 Å². The van der Waals surface area contributed by atoms with Crippen molar-refractivity contribution in [1.82, 2.24) is 9.80 Å². The van der Waals surface area contributed by atoms with Gasteiger partial charge in [-0.15, -0.1) is 0 Å². The molecule has 0 bridgehead atoms. The number of anilines is 4. The number of aliphatic hydroxyl groups is 2. The van der Waals surface area contributed by atoms with E-state index in [2.05, 4.69) is 49.0 Å². The van der Waals surface area contributed by atoms with E-state index in [1.165, 1.54) is 0 Å². The molecule has 6 amide bonds. The van der Waals surface area contributed by atoms with Crippen LogP contribution in [0.4, 0.5) is 41.9 Å². The standard InChI is InChI=1S/C57H74N6O12S2/c1-5-49(62-27-7-9-51(62)66)39(3)76-31-29-72-53(68)58-45-19-11-41(12-20-45)33-43-15-23-47(24-16-43)60-55(70)74-37-57(35-64,36-65)38-75-56(71)61-48-25-17-44(18-26-48)34-42-13-21-46(22-14-42)59-54(69)73-30-32-77-40(4)50(6-2)63-28-8-10-52(63)67/h11-26,39-40,49-50,64-65H,5-10,27-38H2,1-4H3,(H,58,68)(H,59,69)(H,60,70)(H,61,71). The number of carbonyl (C=O) groups excluding carboxylic acids is 6. The van der Waals surface area contributed by atoms with Crippen molar-refractivity contribution in [2.24, 2.45) is 5.41 Å². The number of hydrogen-bond acceptors (Lipinski definition) is 14. The lowest BCUT2D eigenvalue weighted by molar-refractivity contribution is -0.130. The number of likely N-dealkylation sites (tertiary alicyclic amines) is 2. The predicted octanol–water partition coefficient (Wildman–Crippen LogP) is 9.78. The van der Waals surface area contributed by atoms with Crippen LogP contribution in [0.15, 0.2) is 97.1 Å². The third kappa shape index (κ3) is 18.9. The van der Waals surface area contributed by atoms with Gasteiger partial charge in [-0.3, -0.25) is 30.9 Å². The number of ether oxygens (including phenoxy) is 4. The maximum absolute atomic E-state index is 12.8. The molecule has 18 nitrogen and oxygen atoms in total. The highest BCUT2D eigenvalue weighted by atomic mass is 32.2. The van der Waals surface area contributed by atoms with Crippen molar-refractivity contribution >= 4 is 82.5 Å². The highest BCUT2D eigenvalue weighted by Gasteiger charge is 2.34. The van der Waals surface area contributed by atoms with Gasteiger partial charge < -0.3 is 39.0 Å². The van der Waals surface area contributed by atoms with Crippen LogP contribution in [-0.2, 0) is 41.4 Å². The summed E-state index contributed by atoms with van der Waals surface area (Å²) in [5.74, 6) is 1.70. The zero-order chi connectivity index (χ0) is 55.2. The molecule has 77 heavy (non-hydrogen) atoms. The Bertz CT molecular complexity index is 2360. The van der Waals surface area contributed by atoms with Crippen LogP contribution in [0.25, 0.3) is 0 Å². The first kappa shape index (κ1) is 59.8. The molecular formula is C57H74N6O12S2. The van der Waals surface area contributed by atoms with Gasteiger partial charge in [0.1, 0.15) is 26.4 Å². The summed E-state index contributed by atoms with van der Waals surface area (Å²) in [4.78, 5) is 78.8. The number of nitrogens with one attached hydrogen (secondary N) is 4. The minimum Gasteiger partial charge on any atom is -0.448 e. The van der Waals surface area contributed by atoms with E-state index in [4.69, 9.17) is 18.9 Å². The Balaban J connectivity index is 0.837. The summed E-state index contributed by atoms with van der Waals surface area (Å²) in [6.45, 7) is 8.39. The fourth-order valence-electron chi connectivity index (χ4n) is 9.23. The van der Waals surface area contributed by atoms with E-state index in [9.17, 15) is 39.0 Å². The molecule has 4 aromatic carbocycles. The van der Waals surface area contributed by atoms with Crippen molar-refractivity contribution in [2.45, 2.75) is 102 Å². The molecule has 0 saturated carbocycles. The Labute approximate surface area is 460 Å². The van der Waals surface area contributed by atoms with Gasteiger partial charge in [0.25, 0.3) is 0 Å². The second-order valence-corrected chi connectivity index (χ2v) is 22.3. The molecule has 416 valence electrons. The molecule has 0 aromatic heterocycles. The van der Waals surface area contributed by atoms with Crippen LogP contribution in [0, 0.1) is 5.41 Å². The molecule has 4 atom stereocenters. The first-order chi connectivity index (χ1) is 37.2. The van der Waals surface area contributed by atoms with E-state index < -0.39 is 56.2 Å².